The van der Waals surface area contributed by atoms with Crippen molar-refractivity contribution in [2.45, 2.75) is 5.75 Å². The van der Waals surface area contributed by atoms with Gasteiger partial charge in [-0.15, -0.1) is 0 Å². The number of hydrogen-bond acceptors (Lipinski definition) is 5. The van der Waals surface area contributed by atoms with E-state index < -0.39 is 20.7 Å². The topological polar surface area (TPSA) is 89.8 Å². The van der Waals surface area contributed by atoms with E-state index in [1.165, 1.54) is 22.5 Å². The number of morpholine rings is 1. The summed E-state index contributed by atoms with van der Waals surface area (Å²) in [5.74, 6) is -0.441. The molecule has 20 heavy (non-hydrogen) atoms. The lowest BCUT2D eigenvalue weighted by molar-refractivity contribution is -0.385. The number of hydrogen-bond donors (Lipinski definition) is 0. The average molecular weight is 321 g/mol. The summed E-state index contributed by atoms with van der Waals surface area (Å²) in [6.07, 6.45) is 0. The predicted molar refractivity (Wildman–Crippen MR) is 73.1 cm³/mol. The molecule has 1 heterocycles. The summed E-state index contributed by atoms with van der Waals surface area (Å²) >= 11 is 5.79. The normalized spacial score (nSPS) is 17.1. The Kier molecular flexibility index (Phi) is 4.59. The molecule has 1 aliphatic heterocycles. The molecule has 0 spiro atoms. The maximum Gasteiger partial charge on any atom is 0.273 e. The van der Waals surface area contributed by atoms with Crippen molar-refractivity contribution in [3.05, 3.63) is 38.9 Å². The second-order valence-electron chi connectivity index (χ2n) is 4.30. The van der Waals surface area contributed by atoms with E-state index in [1.807, 2.05) is 0 Å². The zero-order valence-corrected chi connectivity index (χ0v) is 12.1. The van der Waals surface area contributed by atoms with E-state index in [1.54, 1.807) is 0 Å². The molecule has 0 saturated carbocycles. The largest absolute Gasteiger partial charge is 0.379 e. The quantitative estimate of drug-likeness (QED) is 0.618. The van der Waals surface area contributed by atoms with E-state index in [2.05, 4.69) is 0 Å². The Labute approximate surface area is 121 Å². The minimum atomic E-state index is -3.62. The molecule has 0 bridgehead atoms. The van der Waals surface area contributed by atoms with Gasteiger partial charge in [-0.2, -0.15) is 4.31 Å². The van der Waals surface area contributed by atoms with Gasteiger partial charge in [0, 0.05) is 29.7 Å². The lowest BCUT2D eigenvalue weighted by Gasteiger charge is -2.26. The van der Waals surface area contributed by atoms with E-state index in [0.717, 1.165) is 0 Å². The van der Waals surface area contributed by atoms with Crippen molar-refractivity contribution < 1.29 is 18.1 Å². The van der Waals surface area contributed by atoms with Gasteiger partial charge < -0.3 is 4.74 Å². The average Bonchev–Trinajstić information content (AvgIpc) is 2.39. The van der Waals surface area contributed by atoms with Crippen molar-refractivity contribution in [1.29, 1.82) is 0 Å². The Hall–Kier alpha value is -1.22. The van der Waals surface area contributed by atoms with Crippen LogP contribution in [0.4, 0.5) is 5.69 Å². The molecule has 0 aliphatic carbocycles. The predicted octanol–water partition coefficient (Wildman–Crippen LogP) is 1.41. The van der Waals surface area contributed by atoms with Crippen LogP contribution in [0.25, 0.3) is 0 Å². The molecule has 1 aromatic rings. The highest BCUT2D eigenvalue weighted by molar-refractivity contribution is 7.88. The van der Waals surface area contributed by atoms with Gasteiger partial charge in [0.1, 0.15) is 0 Å². The molecule has 0 radical (unpaired) electrons. The Bertz CT molecular complexity index is 613. The summed E-state index contributed by atoms with van der Waals surface area (Å²) in [5.41, 5.74) is -0.153. The van der Waals surface area contributed by atoms with Gasteiger partial charge in [-0.1, -0.05) is 11.6 Å². The van der Waals surface area contributed by atoms with E-state index >= 15 is 0 Å². The molecule has 0 aromatic heterocycles. The molecule has 1 aliphatic rings. The molecule has 110 valence electrons. The third-order valence-electron chi connectivity index (χ3n) is 2.94. The third kappa shape index (κ3) is 3.45. The van der Waals surface area contributed by atoms with E-state index in [0.29, 0.717) is 13.2 Å². The molecule has 7 nitrogen and oxygen atoms in total. The smallest absolute Gasteiger partial charge is 0.273 e. The first-order valence-electron chi connectivity index (χ1n) is 5.88. The van der Waals surface area contributed by atoms with Gasteiger partial charge in [0.25, 0.3) is 5.69 Å². The summed E-state index contributed by atoms with van der Waals surface area (Å²) in [5, 5.41) is 11.2. The lowest BCUT2D eigenvalue weighted by atomic mass is 10.2. The van der Waals surface area contributed by atoms with E-state index in [4.69, 9.17) is 16.3 Å². The van der Waals surface area contributed by atoms with Crippen molar-refractivity contribution in [1.82, 2.24) is 4.31 Å². The second kappa shape index (κ2) is 6.04. The fourth-order valence-corrected chi connectivity index (χ4v) is 3.67. The van der Waals surface area contributed by atoms with Crippen LogP contribution < -0.4 is 0 Å². The fraction of sp³-hybridized carbons (Fsp3) is 0.455. The number of halogens is 1. The minimum absolute atomic E-state index is 0.0917. The van der Waals surface area contributed by atoms with Gasteiger partial charge >= 0.3 is 0 Å². The van der Waals surface area contributed by atoms with Crippen LogP contribution in [0.5, 0.6) is 0 Å². The van der Waals surface area contributed by atoms with Crippen LogP contribution in [0.3, 0.4) is 0 Å². The number of sulfonamides is 1. The van der Waals surface area contributed by atoms with Crippen molar-refractivity contribution >= 4 is 27.3 Å². The highest BCUT2D eigenvalue weighted by Gasteiger charge is 2.27. The summed E-state index contributed by atoms with van der Waals surface area (Å²) in [6.45, 7) is 1.18. The molecule has 1 saturated heterocycles. The van der Waals surface area contributed by atoms with Crippen LogP contribution in [-0.2, 0) is 20.5 Å². The SMILES string of the molecule is O=[N+]([O-])c1ccc(Cl)cc1CS(=O)(=O)N1CCOCC1. The standard InChI is InChI=1S/C11H13ClN2O5S/c12-10-1-2-11(14(15)16)9(7-10)8-20(17,18)13-3-5-19-6-4-13/h1-2,7H,3-6,8H2. The van der Waals surface area contributed by atoms with Crippen LogP contribution in [0.15, 0.2) is 18.2 Å². The number of nitro benzene ring substituents is 1. The number of benzene rings is 1. The Morgan fingerprint density at radius 2 is 2.00 bits per heavy atom. The van der Waals surface area contributed by atoms with Crippen LogP contribution in [-0.4, -0.2) is 43.9 Å². The Morgan fingerprint density at radius 3 is 2.60 bits per heavy atom. The van der Waals surface area contributed by atoms with Crippen molar-refractivity contribution in [3.8, 4) is 0 Å². The Morgan fingerprint density at radius 1 is 1.35 bits per heavy atom. The molecule has 0 N–H and O–H groups in total. The van der Waals surface area contributed by atoms with Gasteiger partial charge in [-0.3, -0.25) is 10.1 Å². The van der Waals surface area contributed by atoms with Crippen LogP contribution >= 0.6 is 11.6 Å². The number of ether oxygens (including phenoxy) is 1. The number of nitrogens with zero attached hydrogens (tertiary/aromatic N) is 2. The zero-order valence-electron chi connectivity index (χ0n) is 10.5. The molecule has 0 atom stereocenters. The minimum Gasteiger partial charge on any atom is -0.379 e. The van der Waals surface area contributed by atoms with Gasteiger partial charge in [0.2, 0.25) is 10.0 Å². The van der Waals surface area contributed by atoms with Crippen LogP contribution in [0, 0.1) is 10.1 Å². The molecule has 1 fully saturated rings. The molecule has 0 amide bonds. The van der Waals surface area contributed by atoms with Gasteiger partial charge in [-0.05, 0) is 12.1 Å². The van der Waals surface area contributed by atoms with Gasteiger partial charge in [-0.25, -0.2) is 8.42 Å². The maximum atomic E-state index is 12.2. The number of nitro groups is 1. The summed E-state index contributed by atoms with van der Waals surface area (Å²) in [4.78, 5) is 10.3. The first-order valence-corrected chi connectivity index (χ1v) is 7.87. The van der Waals surface area contributed by atoms with Gasteiger partial charge in [0.05, 0.1) is 23.9 Å². The summed E-state index contributed by atoms with van der Waals surface area (Å²) in [7, 11) is -3.62. The van der Waals surface area contributed by atoms with Crippen molar-refractivity contribution in [3.63, 3.8) is 0 Å². The first-order chi connectivity index (χ1) is 9.40. The van der Waals surface area contributed by atoms with Gasteiger partial charge in [0.15, 0.2) is 0 Å². The molecule has 2 rings (SSSR count). The molecular weight excluding hydrogens is 308 g/mol. The van der Waals surface area contributed by atoms with Crippen LogP contribution in [0.1, 0.15) is 5.56 Å². The van der Waals surface area contributed by atoms with Crippen LogP contribution in [0.2, 0.25) is 5.02 Å². The summed E-state index contributed by atoms with van der Waals surface area (Å²) in [6, 6.07) is 3.90. The third-order valence-corrected chi connectivity index (χ3v) is 5.00. The lowest BCUT2D eigenvalue weighted by Crippen LogP contribution is -2.41. The van der Waals surface area contributed by atoms with Crippen molar-refractivity contribution in [2.24, 2.45) is 0 Å². The zero-order chi connectivity index (χ0) is 14.8. The molecule has 9 heteroatoms. The maximum absolute atomic E-state index is 12.2. The van der Waals surface area contributed by atoms with Crippen molar-refractivity contribution in [2.75, 3.05) is 26.3 Å². The molecule has 1 aromatic carbocycles. The summed E-state index contributed by atoms with van der Waals surface area (Å²) < 4.78 is 30.9. The van der Waals surface area contributed by atoms with E-state index in [9.17, 15) is 18.5 Å². The molecular formula is C11H13ClN2O5S. The highest BCUT2D eigenvalue weighted by atomic mass is 35.5. The monoisotopic (exact) mass is 320 g/mol. The number of rotatable bonds is 4. The molecule has 0 unspecified atom stereocenters. The first kappa shape index (κ1) is 15.2. The van der Waals surface area contributed by atoms with E-state index in [-0.39, 0.29) is 29.4 Å². The second-order valence-corrected chi connectivity index (χ2v) is 6.70. The fourth-order valence-electron chi connectivity index (χ4n) is 1.96. The Balaban J connectivity index is 2.28. The highest BCUT2D eigenvalue weighted by Crippen LogP contribution is 2.25.